The monoisotopic (exact) mass is 285 g/mol. The van der Waals surface area contributed by atoms with Crippen LogP contribution in [0.1, 0.15) is 42.0 Å². The van der Waals surface area contributed by atoms with E-state index in [0.717, 1.165) is 0 Å². The van der Waals surface area contributed by atoms with E-state index < -0.39 is 0 Å². The van der Waals surface area contributed by atoms with Gasteiger partial charge in [-0.3, -0.25) is 0 Å². The van der Waals surface area contributed by atoms with E-state index in [1.54, 1.807) is 0 Å². The molecule has 1 nitrogen and oxygen atoms in total. The second-order valence-electron chi connectivity index (χ2n) is 5.96. The van der Waals surface area contributed by atoms with Gasteiger partial charge in [0.25, 0.3) is 0 Å². The molecule has 0 radical (unpaired) electrons. The Kier molecular flexibility index (Phi) is 4.54. The fraction of sp³-hybridized carbons (Fsp3) is 0.444. The molecule has 1 fully saturated rings. The smallest absolute Gasteiger partial charge is 0.00677 e. The molecule has 1 aliphatic carbocycles. The summed E-state index contributed by atoms with van der Waals surface area (Å²) in [5.74, 6) is 1.39. The molecule has 0 spiro atoms. The fourth-order valence-corrected chi connectivity index (χ4v) is 4.15. The Bertz CT molecular complexity index is 505. The normalized spacial score (nSPS) is 26.6. The van der Waals surface area contributed by atoms with Gasteiger partial charge in [0.15, 0.2) is 0 Å². The van der Waals surface area contributed by atoms with Gasteiger partial charge in [0.1, 0.15) is 0 Å². The van der Waals surface area contributed by atoms with E-state index in [4.69, 9.17) is 5.73 Å². The zero-order chi connectivity index (χ0) is 13.8. The number of rotatable bonds is 4. The molecule has 1 saturated carbocycles. The topological polar surface area (TPSA) is 26.0 Å². The summed E-state index contributed by atoms with van der Waals surface area (Å²) >= 11 is 1.87. The summed E-state index contributed by atoms with van der Waals surface area (Å²) in [6, 6.07) is 15.8. The van der Waals surface area contributed by atoms with Gasteiger partial charge in [-0.1, -0.05) is 36.4 Å². The number of hydrogen-bond acceptors (Lipinski definition) is 2. The molecule has 1 aromatic heterocycles. The highest BCUT2D eigenvalue weighted by Crippen LogP contribution is 2.37. The number of nitrogens with two attached hydrogens (primary N) is 1. The molecular weight excluding hydrogens is 262 g/mol. The van der Waals surface area contributed by atoms with Gasteiger partial charge < -0.3 is 5.73 Å². The molecule has 2 heteroatoms. The van der Waals surface area contributed by atoms with Gasteiger partial charge in [-0.15, -0.1) is 11.3 Å². The number of hydrogen-bond donors (Lipinski definition) is 1. The molecule has 1 heterocycles. The lowest BCUT2D eigenvalue weighted by Crippen LogP contribution is -2.35. The van der Waals surface area contributed by atoms with E-state index in [9.17, 15) is 0 Å². The van der Waals surface area contributed by atoms with Crippen molar-refractivity contribution in [3.8, 4) is 0 Å². The van der Waals surface area contributed by atoms with Gasteiger partial charge in [-0.25, -0.2) is 0 Å². The first kappa shape index (κ1) is 13.8. The second kappa shape index (κ2) is 6.55. The van der Waals surface area contributed by atoms with Gasteiger partial charge in [0.05, 0.1) is 0 Å². The Morgan fingerprint density at radius 2 is 1.90 bits per heavy atom. The van der Waals surface area contributed by atoms with Gasteiger partial charge in [-0.2, -0.15) is 0 Å². The van der Waals surface area contributed by atoms with Crippen molar-refractivity contribution in [3.63, 3.8) is 0 Å². The lowest BCUT2D eigenvalue weighted by Gasteiger charge is -2.34. The van der Waals surface area contributed by atoms with Crippen molar-refractivity contribution < 1.29 is 0 Å². The molecule has 3 atom stereocenters. The molecule has 1 aromatic carbocycles. The Hall–Kier alpha value is -1.12. The molecule has 2 aromatic rings. The summed E-state index contributed by atoms with van der Waals surface area (Å²) in [6.45, 7) is 0. The lowest BCUT2D eigenvalue weighted by atomic mass is 9.74. The van der Waals surface area contributed by atoms with E-state index in [0.29, 0.717) is 17.9 Å². The third kappa shape index (κ3) is 3.31. The summed E-state index contributed by atoms with van der Waals surface area (Å²) in [6.07, 6.45) is 6.12. The predicted octanol–water partition coefficient (Wildman–Crippen LogP) is 4.59. The average Bonchev–Trinajstić information content (AvgIpc) is 3.01. The Labute approximate surface area is 125 Å². The molecule has 0 aliphatic heterocycles. The first-order chi connectivity index (χ1) is 9.83. The summed E-state index contributed by atoms with van der Waals surface area (Å²) in [4.78, 5) is 1.50. The molecule has 0 saturated heterocycles. The maximum Gasteiger partial charge on any atom is 0.00677 e. The van der Waals surface area contributed by atoms with Crippen molar-refractivity contribution in [2.24, 2.45) is 11.7 Å². The van der Waals surface area contributed by atoms with E-state index >= 15 is 0 Å². The number of benzene rings is 1. The van der Waals surface area contributed by atoms with Crippen LogP contribution in [-0.2, 0) is 6.42 Å². The van der Waals surface area contributed by atoms with Crippen molar-refractivity contribution >= 4 is 11.3 Å². The van der Waals surface area contributed by atoms with Crippen LogP contribution in [0.25, 0.3) is 0 Å². The summed E-state index contributed by atoms with van der Waals surface area (Å²) in [5.41, 5.74) is 7.86. The molecule has 106 valence electrons. The molecule has 0 amide bonds. The van der Waals surface area contributed by atoms with E-state index in [1.807, 2.05) is 11.3 Å². The fourth-order valence-electron chi connectivity index (χ4n) is 3.43. The second-order valence-corrected chi connectivity index (χ2v) is 6.99. The van der Waals surface area contributed by atoms with Gasteiger partial charge >= 0.3 is 0 Å². The molecule has 0 bridgehead atoms. The van der Waals surface area contributed by atoms with Crippen molar-refractivity contribution in [2.45, 2.75) is 44.1 Å². The van der Waals surface area contributed by atoms with Gasteiger partial charge in [0, 0.05) is 10.9 Å². The molecule has 2 N–H and O–H groups in total. The molecule has 1 aliphatic rings. The zero-order valence-electron chi connectivity index (χ0n) is 11.9. The minimum absolute atomic E-state index is 0.398. The standard InChI is InChI=1S/C18H23NS/c19-18-11-9-15(14-5-2-1-3-6-14)13-16(18)8-10-17-7-4-12-20-17/h1-7,12,15-16,18H,8-11,13,19H2. The Morgan fingerprint density at radius 1 is 1.05 bits per heavy atom. The van der Waals surface area contributed by atoms with Crippen LogP contribution in [0, 0.1) is 5.92 Å². The number of thiophene rings is 1. The van der Waals surface area contributed by atoms with Crippen LogP contribution in [0.2, 0.25) is 0 Å². The summed E-state index contributed by atoms with van der Waals surface area (Å²) < 4.78 is 0. The van der Waals surface area contributed by atoms with Crippen LogP contribution in [0.15, 0.2) is 47.8 Å². The zero-order valence-corrected chi connectivity index (χ0v) is 12.7. The Balaban J connectivity index is 1.61. The highest BCUT2D eigenvalue weighted by Gasteiger charge is 2.28. The maximum atomic E-state index is 6.36. The van der Waals surface area contributed by atoms with Crippen LogP contribution in [0.4, 0.5) is 0 Å². The quantitative estimate of drug-likeness (QED) is 0.873. The van der Waals surface area contributed by atoms with E-state index in [2.05, 4.69) is 47.8 Å². The van der Waals surface area contributed by atoms with Crippen molar-refractivity contribution in [1.82, 2.24) is 0 Å². The van der Waals surface area contributed by atoms with Crippen molar-refractivity contribution in [3.05, 3.63) is 58.3 Å². The molecule has 20 heavy (non-hydrogen) atoms. The molecular formula is C18H23NS. The highest BCUT2D eigenvalue weighted by molar-refractivity contribution is 7.09. The van der Waals surface area contributed by atoms with E-state index in [1.165, 1.54) is 42.5 Å². The molecule has 3 unspecified atom stereocenters. The lowest BCUT2D eigenvalue weighted by molar-refractivity contribution is 0.265. The minimum Gasteiger partial charge on any atom is -0.327 e. The van der Waals surface area contributed by atoms with E-state index in [-0.39, 0.29) is 0 Å². The first-order valence-corrected chi connectivity index (χ1v) is 8.54. The SMILES string of the molecule is NC1CCC(c2ccccc2)CC1CCc1cccs1. The third-order valence-corrected chi connectivity index (χ3v) is 5.59. The third-order valence-electron chi connectivity index (χ3n) is 4.65. The maximum absolute atomic E-state index is 6.36. The molecule has 3 rings (SSSR count). The van der Waals surface area contributed by atoms with Gasteiger partial charge in [-0.05, 0) is 60.9 Å². The van der Waals surface area contributed by atoms with Gasteiger partial charge in [0.2, 0.25) is 0 Å². The summed E-state index contributed by atoms with van der Waals surface area (Å²) in [5, 5.41) is 2.17. The average molecular weight is 285 g/mol. The van der Waals surface area contributed by atoms with Crippen LogP contribution < -0.4 is 5.73 Å². The van der Waals surface area contributed by atoms with Crippen molar-refractivity contribution in [2.75, 3.05) is 0 Å². The minimum atomic E-state index is 0.398. The first-order valence-electron chi connectivity index (χ1n) is 7.66. The highest BCUT2D eigenvalue weighted by atomic mass is 32.1. The predicted molar refractivity (Wildman–Crippen MR) is 87.1 cm³/mol. The van der Waals surface area contributed by atoms with Crippen molar-refractivity contribution in [1.29, 1.82) is 0 Å². The van der Waals surface area contributed by atoms with Crippen LogP contribution in [0.3, 0.4) is 0 Å². The van der Waals surface area contributed by atoms with Crippen LogP contribution >= 0.6 is 11.3 Å². The summed E-state index contributed by atoms with van der Waals surface area (Å²) in [7, 11) is 0. The number of aryl methyl sites for hydroxylation is 1. The largest absolute Gasteiger partial charge is 0.327 e. The Morgan fingerprint density at radius 3 is 2.65 bits per heavy atom. The van der Waals surface area contributed by atoms with Crippen LogP contribution in [-0.4, -0.2) is 6.04 Å². The van der Waals surface area contributed by atoms with Crippen LogP contribution in [0.5, 0.6) is 0 Å².